The van der Waals surface area contributed by atoms with Crippen molar-refractivity contribution < 1.29 is 9.53 Å². The molecule has 0 amide bonds. The molecule has 0 aromatic carbocycles. The van der Waals surface area contributed by atoms with Crippen molar-refractivity contribution in [2.45, 2.75) is 11.7 Å². The van der Waals surface area contributed by atoms with Crippen LogP contribution in [0.1, 0.15) is 6.42 Å². The number of esters is 1. The van der Waals surface area contributed by atoms with Gasteiger partial charge in [-0.25, -0.2) is 0 Å². The molecule has 0 spiro atoms. The summed E-state index contributed by atoms with van der Waals surface area (Å²) >= 11 is 1.84. The quantitative estimate of drug-likeness (QED) is 0.682. The van der Waals surface area contributed by atoms with Gasteiger partial charge in [-0.15, -0.1) is 12.4 Å². The summed E-state index contributed by atoms with van der Waals surface area (Å²) in [5.41, 5.74) is 0. The smallest absolute Gasteiger partial charge is 0.306 e. The molecule has 0 aromatic rings. The van der Waals surface area contributed by atoms with E-state index >= 15 is 0 Å². The van der Waals surface area contributed by atoms with E-state index in [1.54, 1.807) is 0 Å². The van der Waals surface area contributed by atoms with Crippen molar-refractivity contribution in [1.82, 2.24) is 5.32 Å². The number of methoxy groups -OCH3 is 1. The van der Waals surface area contributed by atoms with E-state index in [4.69, 9.17) is 0 Å². The Morgan fingerprint density at radius 1 is 1.75 bits per heavy atom. The third-order valence-electron chi connectivity index (χ3n) is 1.63. The Balaban J connectivity index is 0.00000121. The average Bonchev–Trinajstić information content (AvgIpc) is 2.06. The SMILES string of the molecule is COC(=O)CC1CNCCS1.Cl. The summed E-state index contributed by atoms with van der Waals surface area (Å²) in [6, 6.07) is 0. The van der Waals surface area contributed by atoms with Crippen LogP contribution in [0, 0.1) is 0 Å². The first-order valence-corrected chi connectivity index (χ1v) is 4.77. The first kappa shape index (κ1) is 12.1. The summed E-state index contributed by atoms with van der Waals surface area (Å²) in [5.74, 6) is 0.993. The second kappa shape index (κ2) is 6.57. The third-order valence-corrected chi connectivity index (χ3v) is 2.87. The molecule has 1 atom stereocenters. The van der Waals surface area contributed by atoms with Crippen LogP contribution >= 0.6 is 24.2 Å². The molecule has 1 rings (SSSR count). The first-order valence-electron chi connectivity index (χ1n) is 3.72. The lowest BCUT2D eigenvalue weighted by atomic mass is 10.3. The number of nitrogens with one attached hydrogen (secondary N) is 1. The molecule has 1 fully saturated rings. The van der Waals surface area contributed by atoms with E-state index < -0.39 is 0 Å². The van der Waals surface area contributed by atoms with E-state index in [1.165, 1.54) is 7.11 Å². The van der Waals surface area contributed by atoms with Crippen LogP contribution in [-0.2, 0) is 9.53 Å². The van der Waals surface area contributed by atoms with Gasteiger partial charge >= 0.3 is 5.97 Å². The molecule has 5 heteroatoms. The highest BCUT2D eigenvalue weighted by Crippen LogP contribution is 2.16. The number of carbonyl (C=O) groups is 1. The molecular formula is C7H14ClNO2S. The number of ether oxygens (including phenoxy) is 1. The van der Waals surface area contributed by atoms with Crippen molar-refractivity contribution in [3.8, 4) is 0 Å². The molecule has 0 aromatic heterocycles. The zero-order chi connectivity index (χ0) is 8.10. The van der Waals surface area contributed by atoms with E-state index in [9.17, 15) is 4.79 Å². The molecule has 1 heterocycles. The van der Waals surface area contributed by atoms with Crippen molar-refractivity contribution in [3.05, 3.63) is 0 Å². The Labute approximate surface area is 83.0 Å². The summed E-state index contributed by atoms with van der Waals surface area (Å²) in [6.07, 6.45) is 0.536. The maximum absolute atomic E-state index is 10.8. The molecule has 1 unspecified atom stereocenters. The predicted octanol–water partition coefficient (Wildman–Crippen LogP) is 0.676. The third kappa shape index (κ3) is 4.18. The highest BCUT2D eigenvalue weighted by atomic mass is 35.5. The molecule has 0 bridgehead atoms. The average molecular weight is 212 g/mol. The predicted molar refractivity (Wildman–Crippen MR) is 53.0 cm³/mol. The normalized spacial score (nSPS) is 22.6. The molecule has 0 aliphatic carbocycles. The van der Waals surface area contributed by atoms with Gasteiger partial charge in [0.15, 0.2) is 0 Å². The Bertz CT molecular complexity index is 139. The van der Waals surface area contributed by atoms with Gasteiger partial charge < -0.3 is 10.1 Å². The van der Waals surface area contributed by atoms with Gasteiger partial charge in [-0.05, 0) is 0 Å². The lowest BCUT2D eigenvalue weighted by Crippen LogP contribution is -2.34. The fourth-order valence-corrected chi connectivity index (χ4v) is 2.11. The Hall–Kier alpha value is 0.0700. The minimum atomic E-state index is -0.105. The number of carbonyl (C=O) groups excluding carboxylic acids is 1. The van der Waals surface area contributed by atoms with Gasteiger partial charge in [0.05, 0.1) is 13.5 Å². The van der Waals surface area contributed by atoms with Crippen LogP contribution in [0.15, 0.2) is 0 Å². The van der Waals surface area contributed by atoms with Gasteiger partial charge in [0.1, 0.15) is 0 Å². The van der Waals surface area contributed by atoms with Crippen molar-refractivity contribution >= 4 is 30.1 Å². The van der Waals surface area contributed by atoms with E-state index in [0.29, 0.717) is 11.7 Å². The molecule has 0 saturated carbocycles. The van der Waals surface area contributed by atoms with Crippen LogP contribution in [0.5, 0.6) is 0 Å². The molecule has 1 N–H and O–H groups in total. The highest BCUT2D eigenvalue weighted by Gasteiger charge is 2.16. The second-order valence-corrected chi connectivity index (χ2v) is 3.89. The Kier molecular flexibility index (Phi) is 6.61. The maximum atomic E-state index is 10.8. The monoisotopic (exact) mass is 211 g/mol. The molecule has 1 saturated heterocycles. The molecular weight excluding hydrogens is 198 g/mol. The minimum Gasteiger partial charge on any atom is -0.469 e. The van der Waals surface area contributed by atoms with Crippen molar-refractivity contribution in [3.63, 3.8) is 0 Å². The number of hydrogen-bond donors (Lipinski definition) is 1. The fraction of sp³-hybridized carbons (Fsp3) is 0.857. The van der Waals surface area contributed by atoms with Gasteiger partial charge in [-0.2, -0.15) is 11.8 Å². The second-order valence-electron chi connectivity index (χ2n) is 2.48. The highest BCUT2D eigenvalue weighted by molar-refractivity contribution is 8.00. The first-order chi connectivity index (χ1) is 5.33. The zero-order valence-corrected chi connectivity index (χ0v) is 8.67. The van der Waals surface area contributed by atoms with Gasteiger partial charge in [-0.1, -0.05) is 0 Å². The van der Waals surface area contributed by atoms with Crippen LogP contribution in [0.3, 0.4) is 0 Å². The van der Waals surface area contributed by atoms with E-state index in [1.807, 2.05) is 11.8 Å². The molecule has 0 radical (unpaired) electrons. The van der Waals surface area contributed by atoms with Crippen molar-refractivity contribution in [2.75, 3.05) is 26.0 Å². The Morgan fingerprint density at radius 2 is 2.50 bits per heavy atom. The van der Waals surface area contributed by atoms with Gasteiger partial charge in [0.25, 0.3) is 0 Å². The molecule has 1 aliphatic heterocycles. The summed E-state index contributed by atoms with van der Waals surface area (Å²) in [6.45, 7) is 1.99. The minimum absolute atomic E-state index is 0. The maximum Gasteiger partial charge on any atom is 0.306 e. The fourth-order valence-electron chi connectivity index (χ4n) is 1.02. The number of hydrogen-bond acceptors (Lipinski definition) is 4. The van der Waals surface area contributed by atoms with E-state index in [0.717, 1.165) is 18.8 Å². The lowest BCUT2D eigenvalue weighted by Gasteiger charge is -2.20. The molecule has 72 valence electrons. The topological polar surface area (TPSA) is 38.3 Å². The molecule has 3 nitrogen and oxygen atoms in total. The number of rotatable bonds is 2. The van der Waals surface area contributed by atoms with Gasteiger partial charge in [0, 0.05) is 24.1 Å². The van der Waals surface area contributed by atoms with E-state index in [-0.39, 0.29) is 18.4 Å². The summed E-state index contributed by atoms with van der Waals surface area (Å²) in [7, 11) is 1.43. The van der Waals surface area contributed by atoms with Crippen molar-refractivity contribution in [2.24, 2.45) is 0 Å². The number of thioether (sulfide) groups is 1. The molecule has 12 heavy (non-hydrogen) atoms. The summed E-state index contributed by atoms with van der Waals surface area (Å²) in [4.78, 5) is 10.8. The van der Waals surface area contributed by atoms with Crippen LogP contribution in [-0.4, -0.2) is 37.2 Å². The molecule has 1 aliphatic rings. The summed E-state index contributed by atoms with van der Waals surface area (Å²) < 4.78 is 4.57. The van der Waals surface area contributed by atoms with Crippen LogP contribution in [0.2, 0.25) is 0 Å². The van der Waals surface area contributed by atoms with Crippen LogP contribution < -0.4 is 5.32 Å². The largest absolute Gasteiger partial charge is 0.469 e. The standard InChI is InChI=1S/C7H13NO2S.ClH/c1-10-7(9)4-6-5-8-2-3-11-6;/h6,8H,2-5H2,1H3;1H. The summed E-state index contributed by atoms with van der Waals surface area (Å²) in [5, 5.41) is 3.65. The van der Waals surface area contributed by atoms with Crippen LogP contribution in [0.4, 0.5) is 0 Å². The van der Waals surface area contributed by atoms with E-state index in [2.05, 4.69) is 10.1 Å². The number of halogens is 1. The lowest BCUT2D eigenvalue weighted by molar-refractivity contribution is -0.140. The van der Waals surface area contributed by atoms with Crippen molar-refractivity contribution in [1.29, 1.82) is 0 Å². The van der Waals surface area contributed by atoms with Crippen LogP contribution in [0.25, 0.3) is 0 Å². The van der Waals surface area contributed by atoms with Gasteiger partial charge in [0.2, 0.25) is 0 Å². The Morgan fingerprint density at radius 3 is 3.00 bits per heavy atom. The van der Waals surface area contributed by atoms with Gasteiger partial charge in [-0.3, -0.25) is 4.79 Å². The zero-order valence-electron chi connectivity index (χ0n) is 7.04.